The Labute approximate surface area is 165 Å². The van der Waals surface area contributed by atoms with E-state index in [9.17, 15) is 4.79 Å². The molecule has 0 saturated carbocycles. The summed E-state index contributed by atoms with van der Waals surface area (Å²) in [5.41, 5.74) is 0.940. The zero-order valence-corrected chi connectivity index (χ0v) is 15.8. The molecule has 9 heteroatoms. The Hall–Kier alpha value is -3.33. The van der Waals surface area contributed by atoms with Crippen LogP contribution in [0.5, 0.6) is 0 Å². The first-order valence-corrected chi connectivity index (χ1v) is 9.72. The van der Waals surface area contributed by atoms with Gasteiger partial charge in [-0.05, 0) is 29.5 Å². The minimum Gasteiger partial charge on any atom is -0.352 e. The van der Waals surface area contributed by atoms with Gasteiger partial charge in [-0.15, -0.1) is 11.3 Å². The van der Waals surface area contributed by atoms with Crippen molar-refractivity contribution >= 4 is 17.2 Å². The molecule has 0 aliphatic heterocycles. The Balaban J connectivity index is 1.20. The maximum absolute atomic E-state index is 12.0. The molecule has 0 aliphatic rings. The first kappa shape index (κ1) is 18.1. The number of pyridine rings is 1. The molecular formula is C19H18N6O2S. The number of nitrogens with one attached hydrogen (secondary N) is 1. The van der Waals surface area contributed by atoms with Crippen molar-refractivity contribution in [3.05, 3.63) is 66.0 Å². The Morgan fingerprint density at radius 2 is 2.25 bits per heavy atom. The monoisotopic (exact) mass is 394 g/mol. The zero-order valence-electron chi connectivity index (χ0n) is 15.0. The largest absolute Gasteiger partial charge is 0.352 e. The van der Waals surface area contributed by atoms with Crippen LogP contribution in [0.1, 0.15) is 24.3 Å². The van der Waals surface area contributed by atoms with E-state index in [4.69, 9.17) is 4.52 Å². The molecule has 0 aromatic carbocycles. The molecule has 0 atom stereocenters. The number of nitrogens with zero attached hydrogens (tertiary/aromatic N) is 5. The van der Waals surface area contributed by atoms with E-state index in [1.54, 1.807) is 30.1 Å². The van der Waals surface area contributed by atoms with E-state index in [0.29, 0.717) is 37.5 Å². The van der Waals surface area contributed by atoms with Crippen molar-refractivity contribution in [2.45, 2.75) is 25.8 Å². The van der Waals surface area contributed by atoms with Crippen LogP contribution >= 0.6 is 11.3 Å². The van der Waals surface area contributed by atoms with Gasteiger partial charge in [0.15, 0.2) is 0 Å². The van der Waals surface area contributed by atoms with Gasteiger partial charge in [0.05, 0.1) is 4.88 Å². The number of carbonyl (C=O) groups is 1. The lowest BCUT2D eigenvalue weighted by molar-refractivity contribution is -0.121. The van der Waals surface area contributed by atoms with Gasteiger partial charge in [0.25, 0.3) is 0 Å². The van der Waals surface area contributed by atoms with Gasteiger partial charge in [0.1, 0.15) is 12.1 Å². The zero-order chi connectivity index (χ0) is 19.2. The van der Waals surface area contributed by atoms with Crippen LogP contribution in [0, 0.1) is 0 Å². The quantitative estimate of drug-likeness (QED) is 0.493. The van der Waals surface area contributed by atoms with Gasteiger partial charge in [-0.25, -0.2) is 9.97 Å². The van der Waals surface area contributed by atoms with Crippen LogP contribution < -0.4 is 5.32 Å². The molecule has 8 nitrogen and oxygen atoms in total. The van der Waals surface area contributed by atoms with E-state index in [1.807, 2.05) is 40.4 Å². The lowest BCUT2D eigenvalue weighted by Gasteiger charge is -2.06. The van der Waals surface area contributed by atoms with Crippen LogP contribution in [-0.4, -0.2) is 30.6 Å². The molecule has 0 radical (unpaired) electrons. The lowest BCUT2D eigenvalue weighted by Crippen LogP contribution is -2.22. The fourth-order valence-corrected chi connectivity index (χ4v) is 3.27. The standard InChI is InChI=1S/C19H18N6O2S/c26-17(4-1-5-18-23-19(24-27-18)15-3-2-10-28-15)22-12-14-6-7-16(21-11-14)25-9-8-20-13-25/h2-3,6-11,13H,1,4-5,12H2,(H,22,26). The number of carbonyl (C=O) groups excluding carboxylic acids is 1. The predicted molar refractivity (Wildman–Crippen MR) is 104 cm³/mol. The van der Waals surface area contributed by atoms with E-state index in [2.05, 4.69) is 25.4 Å². The van der Waals surface area contributed by atoms with Crippen LogP contribution in [0.15, 0.2) is 59.1 Å². The second kappa shape index (κ2) is 8.57. The highest BCUT2D eigenvalue weighted by Gasteiger charge is 2.10. The fraction of sp³-hybridized carbons (Fsp3) is 0.211. The van der Waals surface area contributed by atoms with Crippen LogP contribution in [-0.2, 0) is 17.8 Å². The van der Waals surface area contributed by atoms with Crippen molar-refractivity contribution in [3.63, 3.8) is 0 Å². The lowest BCUT2D eigenvalue weighted by atomic mass is 10.2. The average Bonchev–Trinajstić information content (AvgIpc) is 3.49. The van der Waals surface area contributed by atoms with Gasteiger partial charge < -0.3 is 9.84 Å². The molecule has 1 amide bonds. The van der Waals surface area contributed by atoms with Gasteiger partial charge in [-0.2, -0.15) is 4.98 Å². The van der Waals surface area contributed by atoms with Gasteiger partial charge in [-0.3, -0.25) is 9.36 Å². The number of aromatic nitrogens is 5. The Bertz CT molecular complexity index is 1010. The molecule has 0 unspecified atom stereocenters. The minimum absolute atomic E-state index is 0.0170. The first-order valence-electron chi connectivity index (χ1n) is 8.84. The second-order valence-electron chi connectivity index (χ2n) is 6.11. The third-order valence-corrected chi connectivity index (χ3v) is 4.94. The number of amides is 1. The summed E-state index contributed by atoms with van der Waals surface area (Å²) in [4.78, 5) is 25.7. The molecule has 4 aromatic heterocycles. The summed E-state index contributed by atoms with van der Waals surface area (Å²) < 4.78 is 7.06. The van der Waals surface area contributed by atoms with Crippen molar-refractivity contribution in [2.75, 3.05) is 0 Å². The molecule has 0 spiro atoms. The highest BCUT2D eigenvalue weighted by molar-refractivity contribution is 7.13. The Kier molecular flexibility index (Phi) is 5.53. The summed E-state index contributed by atoms with van der Waals surface area (Å²) in [6.45, 7) is 0.444. The van der Waals surface area contributed by atoms with Gasteiger partial charge >= 0.3 is 0 Å². The average molecular weight is 394 g/mol. The minimum atomic E-state index is -0.0170. The summed E-state index contributed by atoms with van der Waals surface area (Å²) in [5.74, 6) is 1.92. The van der Waals surface area contributed by atoms with Gasteiger partial charge in [-0.1, -0.05) is 17.3 Å². The highest BCUT2D eigenvalue weighted by atomic mass is 32.1. The van der Waals surface area contributed by atoms with Crippen molar-refractivity contribution in [1.82, 2.24) is 30.0 Å². The Morgan fingerprint density at radius 3 is 3.00 bits per heavy atom. The molecule has 0 bridgehead atoms. The summed E-state index contributed by atoms with van der Waals surface area (Å²) in [5, 5.41) is 8.84. The summed E-state index contributed by atoms with van der Waals surface area (Å²) >= 11 is 1.56. The maximum Gasteiger partial charge on any atom is 0.226 e. The van der Waals surface area contributed by atoms with E-state index in [1.165, 1.54) is 0 Å². The topological polar surface area (TPSA) is 98.7 Å². The van der Waals surface area contributed by atoms with E-state index in [0.717, 1.165) is 16.3 Å². The van der Waals surface area contributed by atoms with Crippen LogP contribution in [0.2, 0.25) is 0 Å². The smallest absolute Gasteiger partial charge is 0.226 e. The van der Waals surface area contributed by atoms with Crippen LogP contribution in [0.3, 0.4) is 0 Å². The molecule has 0 saturated heterocycles. The van der Waals surface area contributed by atoms with Crippen LogP contribution in [0.4, 0.5) is 0 Å². The molecule has 1 N–H and O–H groups in total. The van der Waals surface area contributed by atoms with E-state index < -0.39 is 0 Å². The third-order valence-electron chi connectivity index (χ3n) is 4.07. The van der Waals surface area contributed by atoms with Gasteiger partial charge in [0.2, 0.25) is 17.6 Å². The van der Waals surface area contributed by atoms with Crippen molar-refractivity contribution in [3.8, 4) is 16.5 Å². The molecule has 0 fully saturated rings. The summed E-state index contributed by atoms with van der Waals surface area (Å²) in [6.07, 6.45) is 8.60. The molecule has 28 heavy (non-hydrogen) atoms. The molecular weight excluding hydrogens is 376 g/mol. The van der Waals surface area contributed by atoms with Crippen molar-refractivity contribution < 1.29 is 9.32 Å². The molecule has 4 rings (SSSR count). The first-order chi connectivity index (χ1) is 13.8. The van der Waals surface area contributed by atoms with E-state index >= 15 is 0 Å². The number of rotatable bonds is 8. The predicted octanol–water partition coefficient (Wildman–Crippen LogP) is 3.02. The maximum atomic E-state index is 12.0. The number of thiophene rings is 1. The van der Waals surface area contributed by atoms with Crippen molar-refractivity contribution in [1.29, 1.82) is 0 Å². The Morgan fingerprint density at radius 1 is 1.29 bits per heavy atom. The number of aryl methyl sites for hydroxylation is 1. The normalized spacial score (nSPS) is 10.9. The molecule has 4 aromatic rings. The molecule has 0 aliphatic carbocycles. The summed E-state index contributed by atoms with van der Waals surface area (Å²) in [6, 6.07) is 7.72. The summed E-state index contributed by atoms with van der Waals surface area (Å²) in [7, 11) is 0. The number of hydrogen-bond donors (Lipinski definition) is 1. The van der Waals surface area contributed by atoms with Crippen molar-refractivity contribution in [2.24, 2.45) is 0 Å². The molecule has 4 heterocycles. The van der Waals surface area contributed by atoms with E-state index in [-0.39, 0.29) is 5.91 Å². The fourth-order valence-electron chi connectivity index (χ4n) is 2.62. The SMILES string of the molecule is O=C(CCCc1nc(-c2cccs2)no1)NCc1ccc(-n2ccnc2)nc1. The number of hydrogen-bond acceptors (Lipinski definition) is 7. The second-order valence-corrected chi connectivity index (χ2v) is 7.06. The number of imidazole rings is 1. The van der Waals surface area contributed by atoms with Gasteiger partial charge in [0, 0.05) is 38.0 Å². The third kappa shape index (κ3) is 4.49. The van der Waals surface area contributed by atoms with Crippen LogP contribution in [0.25, 0.3) is 16.5 Å². The molecule has 142 valence electrons. The highest BCUT2D eigenvalue weighted by Crippen LogP contribution is 2.21.